The minimum absolute atomic E-state index is 0.139. The Bertz CT molecular complexity index is 860. The van der Waals surface area contributed by atoms with E-state index in [0.717, 1.165) is 0 Å². The zero-order valence-electron chi connectivity index (χ0n) is 13.4. The molecule has 0 spiro atoms. The van der Waals surface area contributed by atoms with E-state index in [-0.39, 0.29) is 31.0 Å². The third-order valence-electron chi connectivity index (χ3n) is 4.64. The van der Waals surface area contributed by atoms with Crippen LogP contribution in [0, 0.1) is 5.41 Å². The van der Waals surface area contributed by atoms with Crippen molar-refractivity contribution in [3.63, 3.8) is 0 Å². The van der Waals surface area contributed by atoms with Crippen LogP contribution in [0.2, 0.25) is 0 Å². The van der Waals surface area contributed by atoms with Gasteiger partial charge < -0.3 is 10.0 Å². The molecule has 1 fully saturated rings. The second-order valence-electron chi connectivity index (χ2n) is 6.44. The van der Waals surface area contributed by atoms with Gasteiger partial charge in [0.15, 0.2) is 0 Å². The number of carboxylic acid groups (broad SMARTS) is 1. The minimum Gasteiger partial charge on any atom is -0.481 e. The number of carboxylic acids is 1. The van der Waals surface area contributed by atoms with Gasteiger partial charge in [-0.3, -0.25) is 19.0 Å². The van der Waals surface area contributed by atoms with Crippen molar-refractivity contribution in [3.05, 3.63) is 40.9 Å². The van der Waals surface area contributed by atoms with Crippen molar-refractivity contribution in [1.82, 2.24) is 14.5 Å². The van der Waals surface area contributed by atoms with Gasteiger partial charge in [-0.25, -0.2) is 4.98 Å². The van der Waals surface area contributed by atoms with Crippen LogP contribution >= 0.6 is 0 Å². The largest absolute Gasteiger partial charge is 0.481 e. The summed E-state index contributed by atoms with van der Waals surface area (Å²) in [6.45, 7) is 2.54. The second-order valence-corrected chi connectivity index (χ2v) is 6.44. The number of aryl methyl sites for hydroxylation is 1. The number of nitrogens with zero attached hydrogens (tertiary/aromatic N) is 3. The molecule has 2 aromatic rings. The van der Waals surface area contributed by atoms with Crippen LogP contribution in [0.4, 0.5) is 0 Å². The van der Waals surface area contributed by atoms with Crippen molar-refractivity contribution in [2.75, 3.05) is 13.1 Å². The minimum atomic E-state index is -0.882. The Kier molecular flexibility index (Phi) is 4.09. The van der Waals surface area contributed by atoms with E-state index in [9.17, 15) is 19.5 Å². The Morgan fingerprint density at radius 1 is 1.33 bits per heavy atom. The van der Waals surface area contributed by atoms with Crippen LogP contribution in [-0.4, -0.2) is 44.5 Å². The van der Waals surface area contributed by atoms with Gasteiger partial charge in [0.1, 0.15) is 0 Å². The van der Waals surface area contributed by atoms with Crippen molar-refractivity contribution in [3.8, 4) is 0 Å². The first-order valence-corrected chi connectivity index (χ1v) is 7.86. The summed E-state index contributed by atoms with van der Waals surface area (Å²) < 4.78 is 1.42. The highest BCUT2D eigenvalue weighted by atomic mass is 16.4. The zero-order chi connectivity index (χ0) is 17.3. The molecule has 1 aliphatic heterocycles. The lowest BCUT2D eigenvalue weighted by Crippen LogP contribution is -2.35. The molecule has 24 heavy (non-hydrogen) atoms. The fraction of sp³-hybridized carbons (Fsp3) is 0.412. The maximum atomic E-state index is 12.4. The number of para-hydroxylation sites is 1. The number of carbonyl (C=O) groups is 2. The standard InChI is InChI=1S/C17H19N3O4/c1-17(16(23)24)7-9-19(10-17)14(21)6-8-20-11-18-13-5-3-2-4-12(13)15(20)22/h2-5,11H,6-10H2,1H3,(H,23,24). The van der Waals surface area contributed by atoms with Gasteiger partial charge >= 0.3 is 5.97 Å². The molecule has 2 heterocycles. The topological polar surface area (TPSA) is 92.5 Å². The summed E-state index contributed by atoms with van der Waals surface area (Å²) in [6, 6.07) is 7.07. The van der Waals surface area contributed by atoms with Gasteiger partial charge in [0.05, 0.1) is 22.6 Å². The molecule has 0 bridgehead atoms. The number of aliphatic carboxylic acids is 1. The van der Waals surface area contributed by atoms with Crippen LogP contribution in [0.25, 0.3) is 10.9 Å². The van der Waals surface area contributed by atoms with Crippen molar-refractivity contribution >= 4 is 22.8 Å². The molecule has 3 rings (SSSR count). The molecule has 1 saturated heterocycles. The Balaban J connectivity index is 1.68. The predicted molar refractivity (Wildman–Crippen MR) is 87.6 cm³/mol. The quantitative estimate of drug-likeness (QED) is 0.907. The molecule has 0 radical (unpaired) electrons. The Hall–Kier alpha value is -2.70. The summed E-state index contributed by atoms with van der Waals surface area (Å²) in [5, 5.41) is 9.75. The Labute approximate surface area is 138 Å². The van der Waals surface area contributed by atoms with E-state index in [1.54, 1.807) is 30.0 Å². The van der Waals surface area contributed by atoms with Gasteiger partial charge in [-0.15, -0.1) is 0 Å². The number of hydrogen-bond donors (Lipinski definition) is 1. The summed E-state index contributed by atoms with van der Waals surface area (Å²) in [5.41, 5.74) is -0.427. The third kappa shape index (κ3) is 2.89. The normalized spacial score (nSPS) is 20.5. The molecular weight excluding hydrogens is 310 g/mol. The van der Waals surface area contributed by atoms with E-state index in [4.69, 9.17) is 0 Å². The Morgan fingerprint density at radius 2 is 2.08 bits per heavy atom. The lowest BCUT2D eigenvalue weighted by Gasteiger charge is -2.20. The predicted octanol–water partition coefficient (Wildman–Crippen LogP) is 1.11. The fourth-order valence-electron chi connectivity index (χ4n) is 2.99. The summed E-state index contributed by atoms with van der Waals surface area (Å²) in [4.78, 5) is 41.7. The van der Waals surface area contributed by atoms with Crippen LogP contribution in [0.5, 0.6) is 0 Å². The summed E-state index contributed by atoms with van der Waals surface area (Å²) in [6.07, 6.45) is 2.05. The number of likely N-dealkylation sites (tertiary alicyclic amines) is 1. The SMILES string of the molecule is CC1(C(=O)O)CCN(C(=O)CCn2cnc3ccccc3c2=O)C1. The summed E-state index contributed by atoms with van der Waals surface area (Å²) in [7, 11) is 0. The summed E-state index contributed by atoms with van der Waals surface area (Å²) in [5.74, 6) is -1.02. The van der Waals surface area contributed by atoms with E-state index in [2.05, 4.69) is 4.98 Å². The van der Waals surface area contributed by atoms with Crippen molar-refractivity contribution in [2.45, 2.75) is 26.3 Å². The molecule has 7 heteroatoms. The first kappa shape index (κ1) is 16.2. The molecule has 1 aliphatic rings. The molecule has 1 atom stereocenters. The van der Waals surface area contributed by atoms with E-state index in [0.29, 0.717) is 23.9 Å². The fourth-order valence-corrected chi connectivity index (χ4v) is 2.99. The highest BCUT2D eigenvalue weighted by Crippen LogP contribution is 2.30. The number of benzene rings is 1. The van der Waals surface area contributed by atoms with Crippen LogP contribution in [0.1, 0.15) is 19.8 Å². The van der Waals surface area contributed by atoms with Gasteiger partial charge in [-0.1, -0.05) is 12.1 Å². The van der Waals surface area contributed by atoms with Gasteiger partial charge in [-0.05, 0) is 25.5 Å². The maximum Gasteiger partial charge on any atom is 0.311 e. The first-order chi connectivity index (χ1) is 11.4. The van der Waals surface area contributed by atoms with Gasteiger partial charge in [0, 0.05) is 26.1 Å². The number of aromatic nitrogens is 2. The Morgan fingerprint density at radius 3 is 2.79 bits per heavy atom. The molecule has 1 amide bonds. The van der Waals surface area contributed by atoms with Crippen LogP contribution in [-0.2, 0) is 16.1 Å². The van der Waals surface area contributed by atoms with Crippen LogP contribution in [0.15, 0.2) is 35.4 Å². The molecular formula is C17H19N3O4. The van der Waals surface area contributed by atoms with E-state index >= 15 is 0 Å². The highest BCUT2D eigenvalue weighted by Gasteiger charge is 2.41. The molecule has 1 N–H and O–H groups in total. The molecule has 7 nitrogen and oxygen atoms in total. The van der Waals surface area contributed by atoms with Gasteiger partial charge in [0.25, 0.3) is 5.56 Å². The number of fused-ring (bicyclic) bond motifs is 1. The molecule has 126 valence electrons. The number of hydrogen-bond acceptors (Lipinski definition) is 4. The van der Waals surface area contributed by atoms with E-state index in [1.165, 1.54) is 10.9 Å². The van der Waals surface area contributed by atoms with Crippen LogP contribution < -0.4 is 5.56 Å². The van der Waals surface area contributed by atoms with E-state index in [1.807, 2.05) is 6.07 Å². The monoisotopic (exact) mass is 329 g/mol. The molecule has 1 aromatic carbocycles. The lowest BCUT2D eigenvalue weighted by molar-refractivity contribution is -0.147. The average molecular weight is 329 g/mol. The summed E-state index contributed by atoms with van der Waals surface area (Å²) >= 11 is 0. The van der Waals surface area contributed by atoms with Gasteiger partial charge in [0.2, 0.25) is 5.91 Å². The maximum absolute atomic E-state index is 12.4. The van der Waals surface area contributed by atoms with Crippen molar-refractivity contribution in [2.24, 2.45) is 5.41 Å². The van der Waals surface area contributed by atoms with Crippen LogP contribution in [0.3, 0.4) is 0 Å². The van der Waals surface area contributed by atoms with Crippen molar-refractivity contribution < 1.29 is 14.7 Å². The number of carbonyl (C=O) groups excluding carboxylic acids is 1. The van der Waals surface area contributed by atoms with Crippen molar-refractivity contribution in [1.29, 1.82) is 0 Å². The molecule has 1 unspecified atom stereocenters. The smallest absolute Gasteiger partial charge is 0.311 e. The molecule has 0 saturated carbocycles. The van der Waals surface area contributed by atoms with E-state index < -0.39 is 11.4 Å². The second kappa shape index (κ2) is 6.07. The molecule has 0 aliphatic carbocycles. The molecule has 1 aromatic heterocycles. The average Bonchev–Trinajstić information content (AvgIpc) is 2.98. The highest BCUT2D eigenvalue weighted by molar-refractivity contribution is 5.80. The number of amides is 1. The third-order valence-corrected chi connectivity index (χ3v) is 4.64. The lowest BCUT2D eigenvalue weighted by atomic mass is 9.90. The first-order valence-electron chi connectivity index (χ1n) is 7.86. The zero-order valence-corrected chi connectivity index (χ0v) is 13.4. The number of rotatable bonds is 4. The van der Waals surface area contributed by atoms with Gasteiger partial charge in [-0.2, -0.15) is 0 Å².